The molecule has 0 saturated heterocycles. The zero-order valence-corrected chi connectivity index (χ0v) is 16.2. The fourth-order valence-corrected chi connectivity index (χ4v) is 3.53. The van der Waals surface area contributed by atoms with E-state index in [-0.39, 0.29) is 23.7 Å². The van der Waals surface area contributed by atoms with Crippen LogP contribution in [0, 0.1) is 0 Å². The van der Waals surface area contributed by atoms with Crippen molar-refractivity contribution < 1.29 is 14.3 Å². The Morgan fingerprint density at radius 3 is 2.48 bits per heavy atom. The summed E-state index contributed by atoms with van der Waals surface area (Å²) in [5, 5.41) is 0.471. The zero-order chi connectivity index (χ0) is 19.6. The molecule has 1 aliphatic rings. The minimum Gasteiger partial charge on any atom is -0.493 e. The molecule has 2 aromatic rings. The number of ether oxygens (including phenoxy) is 2. The van der Waals surface area contributed by atoms with E-state index in [2.05, 4.69) is 9.97 Å². The van der Waals surface area contributed by atoms with E-state index in [1.807, 2.05) is 7.05 Å². The second kappa shape index (κ2) is 7.85. The smallest absolute Gasteiger partial charge is 0.319 e. The van der Waals surface area contributed by atoms with Crippen molar-refractivity contribution in [1.29, 1.82) is 0 Å². The van der Waals surface area contributed by atoms with Crippen molar-refractivity contribution >= 4 is 16.9 Å². The van der Waals surface area contributed by atoms with Gasteiger partial charge in [-0.2, -0.15) is 0 Å². The van der Waals surface area contributed by atoms with Crippen molar-refractivity contribution in [3.63, 3.8) is 0 Å². The number of rotatable bonds is 4. The lowest BCUT2D eigenvalue weighted by atomic mass is 9.92. The highest BCUT2D eigenvalue weighted by Crippen LogP contribution is 2.34. The molecule has 1 N–H and O–H groups in total. The average Bonchev–Trinajstić information content (AvgIpc) is 2.67. The van der Waals surface area contributed by atoms with Crippen LogP contribution in [-0.2, 0) is 0 Å². The fraction of sp³-hybridized carbons (Fsp3) is 0.526. The van der Waals surface area contributed by atoms with Gasteiger partial charge in [0.25, 0.3) is 5.56 Å². The Hall–Kier alpha value is -2.77. The third kappa shape index (κ3) is 3.99. The van der Waals surface area contributed by atoms with Crippen LogP contribution in [0.3, 0.4) is 0 Å². The monoisotopic (exact) mass is 374 g/mol. The quantitative estimate of drug-likeness (QED) is 0.887. The molecule has 8 heteroatoms. The van der Waals surface area contributed by atoms with Gasteiger partial charge < -0.3 is 24.3 Å². The number of urea groups is 1. The Morgan fingerprint density at radius 2 is 1.85 bits per heavy atom. The largest absolute Gasteiger partial charge is 0.493 e. The standard InChI is InChI=1S/C19H26N4O4/c1-22(2)19(25)23(3)12-5-7-13(8-6-12)27-17-9-14-15(10-16(17)26-4)20-11-21-18(14)24/h9-13H,5-8H2,1-4H3,(H,20,21,24)/t12-,13+. The highest BCUT2D eigenvalue weighted by molar-refractivity contribution is 5.81. The Balaban J connectivity index is 1.71. The number of nitrogens with one attached hydrogen (secondary N) is 1. The van der Waals surface area contributed by atoms with E-state index >= 15 is 0 Å². The van der Waals surface area contributed by atoms with E-state index < -0.39 is 0 Å². The van der Waals surface area contributed by atoms with Gasteiger partial charge in [-0.3, -0.25) is 4.79 Å². The van der Waals surface area contributed by atoms with Crippen molar-refractivity contribution in [3.8, 4) is 11.5 Å². The Kier molecular flexibility index (Phi) is 5.53. The number of amides is 2. The second-order valence-corrected chi connectivity index (χ2v) is 7.09. The predicted octanol–water partition coefficient (Wildman–Crippen LogP) is 2.24. The summed E-state index contributed by atoms with van der Waals surface area (Å²) in [7, 11) is 6.94. The van der Waals surface area contributed by atoms with Crippen molar-refractivity contribution in [2.24, 2.45) is 0 Å². The molecule has 2 amide bonds. The van der Waals surface area contributed by atoms with Crippen LogP contribution in [0.4, 0.5) is 4.79 Å². The summed E-state index contributed by atoms with van der Waals surface area (Å²) < 4.78 is 11.6. The number of fused-ring (bicyclic) bond motifs is 1. The van der Waals surface area contributed by atoms with Gasteiger partial charge in [0.2, 0.25) is 0 Å². The van der Waals surface area contributed by atoms with Crippen LogP contribution in [0.5, 0.6) is 11.5 Å². The summed E-state index contributed by atoms with van der Waals surface area (Å²) in [6.07, 6.45) is 4.81. The van der Waals surface area contributed by atoms with Gasteiger partial charge in [-0.1, -0.05) is 0 Å². The molecular formula is C19H26N4O4. The maximum absolute atomic E-state index is 12.1. The molecule has 0 bridgehead atoms. The molecular weight excluding hydrogens is 348 g/mol. The predicted molar refractivity (Wildman–Crippen MR) is 102 cm³/mol. The molecule has 0 atom stereocenters. The molecule has 1 aromatic carbocycles. The lowest BCUT2D eigenvalue weighted by molar-refractivity contribution is 0.0991. The summed E-state index contributed by atoms with van der Waals surface area (Å²) in [6, 6.07) is 3.63. The number of carbonyl (C=O) groups excluding carboxylic acids is 1. The molecule has 8 nitrogen and oxygen atoms in total. The summed E-state index contributed by atoms with van der Waals surface area (Å²) in [6.45, 7) is 0. The van der Waals surface area contributed by atoms with Crippen molar-refractivity contribution in [3.05, 3.63) is 28.8 Å². The molecule has 1 saturated carbocycles. The average molecular weight is 374 g/mol. The van der Waals surface area contributed by atoms with E-state index in [9.17, 15) is 9.59 Å². The SMILES string of the molecule is COc1cc2nc[nH]c(=O)c2cc1O[C@H]1CC[C@@H](N(C)C(=O)N(C)C)CC1. The fourth-order valence-electron chi connectivity index (χ4n) is 3.53. The Labute approximate surface area is 158 Å². The topological polar surface area (TPSA) is 87.8 Å². The second-order valence-electron chi connectivity index (χ2n) is 7.09. The van der Waals surface area contributed by atoms with E-state index in [1.165, 1.54) is 6.33 Å². The normalized spacial score (nSPS) is 19.6. The Bertz CT molecular complexity index is 872. The molecule has 1 aromatic heterocycles. The minimum absolute atomic E-state index is 0.0160. The number of methoxy groups -OCH3 is 1. The highest BCUT2D eigenvalue weighted by atomic mass is 16.5. The molecule has 1 heterocycles. The van der Waals surface area contributed by atoms with Gasteiger partial charge in [0.05, 0.1) is 30.4 Å². The van der Waals surface area contributed by atoms with Gasteiger partial charge in [0.1, 0.15) is 0 Å². The maximum atomic E-state index is 12.1. The summed E-state index contributed by atoms with van der Waals surface area (Å²) >= 11 is 0. The summed E-state index contributed by atoms with van der Waals surface area (Å²) in [4.78, 5) is 34.3. The number of nitrogens with zero attached hydrogens (tertiary/aromatic N) is 3. The van der Waals surface area contributed by atoms with Crippen molar-refractivity contribution in [1.82, 2.24) is 19.8 Å². The van der Waals surface area contributed by atoms with Gasteiger partial charge in [0, 0.05) is 33.3 Å². The molecule has 146 valence electrons. The van der Waals surface area contributed by atoms with E-state index in [1.54, 1.807) is 43.1 Å². The Morgan fingerprint density at radius 1 is 1.15 bits per heavy atom. The van der Waals surface area contributed by atoms with Gasteiger partial charge in [-0.05, 0) is 31.7 Å². The third-order valence-electron chi connectivity index (χ3n) is 5.10. The molecule has 0 spiro atoms. The van der Waals surface area contributed by atoms with Gasteiger partial charge in [0.15, 0.2) is 11.5 Å². The van der Waals surface area contributed by atoms with Crippen molar-refractivity contribution in [2.45, 2.75) is 37.8 Å². The van der Waals surface area contributed by atoms with E-state index in [0.717, 1.165) is 25.7 Å². The number of aromatic amines is 1. The third-order valence-corrected chi connectivity index (χ3v) is 5.10. The lowest BCUT2D eigenvalue weighted by Gasteiger charge is -2.36. The van der Waals surface area contributed by atoms with Crippen LogP contribution in [0.25, 0.3) is 10.9 Å². The first-order valence-corrected chi connectivity index (χ1v) is 9.07. The number of H-pyrrole nitrogens is 1. The van der Waals surface area contributed by atoms with Crippen LogP contribution >= 0.6 is 0 Å². The van der Waals surface area contributed by atoms with Crippen LogP contribution in [0.15, 0.2) is 23.3 Å². The number of benzene rings is 1. The van der Waals surface area contributed by atoms with Crippen LogP contribution < -0.4 is 15.0 Å². The molecule has 0 unspecified atom stereocenters. The number of hydrogen-bond donors (Lipinski definition) is 1. The van der Waals surface area contributed by atoms with Crippen LogP contribution in [0.1, 0.15) is 25.7 Å². The number of aromatic nitrogens is 2. The molecule has 0 radical (unpaired) electrons. The zero-order valence-electron chi connectivity index (χ0n) is 16.2. The molecule has 0 aliphatic heterocycles. The molecule has 3 rings (SSSR count). The lowest BCUT2D eigenvalue weighted by Crippen LogP contribution is -2.45. The molecule has 1 aliphatic carbocycles. The number of hydrogen-bond acceptors (Lipinski definition) is 5. The number of carbonyl (C=O) groups is 1. The highest BCUT2D eigenvalue weighted by Gasteiger charge is 2.28. The van der Waals surface area contributed by atoms with Gasteiger partial charge >= 0.3 is 6.03 Å². The summed E-state index contributed by atoms with van der Waals surface area (Å²) in [5.74, 6) is 1.10. The first-order valence-electron chi connectivity index (χ1n) is 9.07. The van der Waals surface area contributed by atoms with Gasteiger partial charge in [-0.15, -0.1) is 0 Å². The molecule has 1 fully saturated rings. The van der Waals surface area contributed by atoms with Crippen LogP contribution in [0.2, 0.25) is 0 Å². The first kappa shape index (κ1) is 19.0. The first-order chi connectivity index (χ1) is 12.9. The summed E-state index contributed by atoms with van der Waals surface area (Å²) in [5.41, 5.74) is 0.357. The maximum Gasteiger partial charge on any atom is 0.319 e. The van der Waals surface area contributed by atoms with E-state index in [4.69, 9.17) is 9.47 Å². The van der Waals surface area contributed by atoms with Gasteiger partial charge in [-0.25, -0.2) is 9.78 Å². The van der Waals surface area contributed by atoms with Crippen molar-refractivity contribution in [2.75, 3.05) is 28.3 Å². The molecule has 27 heavy (non-hydrogen) atoms. The minimum atomic E-state index is -0.208. The van der Waals surface area contributed by atoms with E-state index in [0.29, 0.717) is 22.4 Å². The van der Waals surface area contributed by atoms with Crippen LogP contribution in [-0.4, -0.2) is 66.2 Å².